The van der Waals surface area contributed by atoms with Crippen LogP contribution in [0.3, 0.4) is 0 Å². The molecule has 0 saturated heterocycles. The molecule has 0 aliphatic heterocycles. The highest BCUT2D eigenvalue weighted by atomic mass is 16.1. The number of anilines is 1. The number of benzene rings is 2. The molecule has 0 fully saturated rings. The average Bonchev–Trinajstić information content (AvgIpc) is 2.42. The van der Waals surface area contributed by atoms with Gasteiger partial charge in [-0.2, -0.15) is 0 Å². The van der Waals surface area contributed by atoms with E-state index in [0.717, 1.165) is 16.8 Å². The third-order valence-electron chi connectivity index (χ3n) is 3.16. The molecule has 3 N–H and O–H groups in total. The number of nitrogens with two attached hydrogens (primary N) is 1. The summed E-state index contributed by atoms with van der Waals surface area (Å²) in [6.07, 6.45) is 0. The van der Waals surface area contributed by atoms with E-state index in [-0.39, 0.29) is 5.56 Å². The highest BCUT2D eigenvalue weighted by molar-refractivity contribution is 5.79. The first-order chi connectivity index (χ1) is 9.15. The van der Waals surface area contributed by atoms with Gasteiger partial charge < -0.3 is 10.7 Å². The number of nitrogens with one attached hydrogen (secondary N) is 1. The molecule has 0 bridgehead atoms. The third kappa shape index (κ3) is 1.97. The molecule has 0 spiro atoms. The van der Waals surface area contributed by atoms with E-state index in [2.05, 4.69) is 9.97 Å². The normalized spacial score (nSPS) is 10.8. The summed E-state index contributed by atoms with van der Waals surface area (Å²) in [4.78, 5) is 19.3. The van der Waals surface area contributed by atoms with E-state index in [9.17, 15) is 4.79 Å². The minimum atomic E-state index is -0.130. The van der Waals surface area contributed by atoms with Gasteiger partial charge in [-0.3, -0.25) is 4.79 Å². The molecule has 0 radical (unpaired) electrons. The van der Waals surface area contributed by atoms with Gasteiger partial charge in [-0.05, 0) is 42.8 Å². The molecule has 4 heteroatoms. The molecule has 1 aromatic heterocycles. The first kappa shape index (κ1) is 11.5. The van der Waals surface area contributed by atoms with E-state index >= 15 is 0 Å². The van der Waals surface area contributed by atoms with Crippen LogP contribution in [-0.2, 0) is 0 Å². The molecule has 19 heavy (non-hydrogen) atoms. The van der Waals surface area contributed by atoms with Crippen LogP contribution in [0.5, 0.6) is 0 Å². The number of hydrogen-bond donors (Lipinski definition) is 2. The van der Waals surface area contributed by atoms with Crippen molar-refractivity contribution in [3.8, 4) is 11.4 Å². The van der Waals surface area contributed by atoms with Gasteiger partial charge in [-0.15, -0.1) is 0 Å². The van der Waals surface area contributed by atoms with Crippen LogP contribution in [0.25, 0.3) is 22.3 Å². The zero-order valence-electron chi connectivity index (χ0n) is 10.5. The Labute approximate surface area is 109 Å². The first-order valence-electron chi connectivity index (χ1n) is 6.01. The van der Waals surface area contributed by atoms with Gasteiger partial charge >= 0.3 is 0 Å². The lowest BCUT2D eigenvalue weighted by atomic mass is 10.1. The average molecular weight is 251 g/mol. The summed E-state index contributed by atoms with van der Waals surface area (Å²) in [6, 6.07) is 12.9. The first-order valence-corrected chi connectivity index (χ1v) is 6.01. The Morgan fingerprint density at radius 3 is 2.74 bits per heavy atom. The maximum Gasteiger partial charge on any atom is 0.259 e. The largest absolute Gasteiger partial charge is 0.399 e. The fourth-order valence-electron chi connectivity index (χ4n) is 2.05. The highest BCUT2D eigenvalue weighted by Crippen LogP contribution is 2.20. The van der Waals surface area contributed by atoms with E-state index in [1.807, 2.05) is 43.3 Å². The van der Waals surface area contributed by atoms with Gasteiger partial charge in [0.1, 0.15) is 5.82 Å². The summed E-state index contributed by atoms with van der Waals surface area (Å²) < 4.78 is 0. The molecule has 1 heterocycles. The molecule has 2 aromatic carbocycles. The smallest absolute Gasteiger partial charge is 0.259 e. The Morgan fingerprint density at radius 1 is 1.16 bits per heavy atom. The molecular weight excluding hydrogens is 238 g/mol. The number of hydrogen-bond acceptors (Lipinski definition) is 3. The van der Waals surface area contributed by atoms with Crippen LogP contribution in [0.1, 0.15) is 5.56 Å². The topological polar surface area (TPSA) is 71.8 Å². The van der Waals surface area contributed by atoms with Gasteiger partial charge in [0, 0.05) is 11.3 Å². The van der Waals surface area contributed by atoms with Crippen molar-refractivity contribution in [1.29, 1.82) is 0 Å². The van der Waals surface area contributed by atoms with Gasteiger partial charge in [0.15, 0.2) is 0 Å². The van der Waals surface area contributed by atoms with Crippen molar-refractivity contribution in [2.24, 2.45) is 0 Å². The van der Waals surface area contributed by atoms with Crippen LogP contribution in [0, 0.1) is 6.92 Å². The highest BCUT2D eigenvalue weighted by Gasteiger charge is 2.06. The quantitative estimate of drug-likeness (QED) is 0.653. The maximum atomic E-state index is 12.0. The fourth-order valence-corrected chi connectivity index (χ4v) is 2.05. The lowest BCUT2D eigenvalue weighted by molar-refractivity contribution is 1.18. The predicted molar refractivity (Wildman–Crippen MR) is 76.9 cm³/mol. The molecule has 0 amide bonds. The maximum absolute atomic E-state index is 12.0. The second-order valence-corrected chi connectivity index (χ2v) is 4.50. The molecule has 0 atom stereocenters. The Balaban J connectivity index is 2.25. The van der Waals surface area contributed by atoms with E-state index in [0.29, 0.717) is 16.7 Å². The summed E-state index contributed by atoms with van der Waals surface area (Å²) in [5.41, 5.74) is 8.91. The van der Waals surface area contributed by atoms with Gasteiger partial charge in [-0.1, -0.05) is 12.1 Å². The lowest BCUT2D eigenvalue weighted by Crippen LogP contribution is -2.09. The van der Waals surface area contributed by atoms with Crippen molar-refractivity contribution >= 4 is 16.6 Å². The van der Waals surface area contributed by atoms with Gasteiger partial charge in [0.25, 0.3) is 5.56 Å². The number of aromatic nitrogens is 2. The summed E-state index contributed by atoms with van der Waals surface area (Å²) >= 11 is 0. The number of rotatable bonds is 1. The summed E-state index contributed by atoms with van der Waals surface area (Å²) in [5, 5.41) is 0.596. The molecule has 94 valence electrons. The van der Waals surface area contributed by atoms with Crippen molar-refractivity contribution in [1.82, 2.24) is 9.97 Å². The monoisotopic (exact) mass is 251 g/mol. The zero-order chi connectivity index (χ0) is 13.4. The van der Waals surface area contributed by atoms with Crippen molar-refractivity contribution in [3.63, 3.8) is 0 Å². The van der Waals surface area contributed by atoms with Crippen LogP contribution in [0.2, 0.25) is 0 Å². The number of para-hydroxylation sites is 1. The van der Waals surface area contributed by atoms with Crippen LogP contribution in [0.15, 0.2) is 47.3 Å². The lowest BCUT2D eigenvalue weighted by Gasteiger charge is -2.05. The van der Waals surface area contributed by atoms with Crippen molar-refractivity contribution in [2.75, 3.05) is 5.73 Å². The number of nitrogens with zero attached hydrogens (tertiary/aromatic N) is 1. The molecule has 0 aliphatic carbocycles. The number of H-pyrrole nitrogens is 1. The van der Waals surface area contributed by atoms with Gasteiger partial charge in [0.05, 0.1) is 10.9 Å². The van der Waals surface area contributed by atoms with E-state index < -0.39 is 0 Å². The standard InChI is InChI=1S/C15H13N3O/c1-9-8-10(6-7-12(9)16)14-17-13-5-3-2-4-11(13)15(19)18-14/h2-8H,16H2,1H3,(H,17,18,19). The van der Waals surface area contributed by atoms with E-state index in [1.165, 1.54) is 0 Å². The molecular formula is C15H13N3O. The van der Waals surface area contributed by atoms with E-state index in [1.54, 1.807) is 6.07 Å². The third-order valence-corrected chi connectivity index (χ3v) is 3.16. The van der Waals surface area contributed by atoms with Crippen molar-refractivity contribution in [3.05, 3.63) is 58.4 Å². The predicted octanol–water partition coefficient (Wildman–Crippen LogP) is 2.48. The van der Waals surface area contributed by atoms with Crippen molar-refractivity contribution < 1.29 is 0 Å². The van der Waals surface area contributed by atoms with Gasteiger partial charge in [0.2, 0.25) is 0 Å². The SMILES string of the molecule is Cc1cc(-c2nc3ccccc3c(=O)[nH]2)ccc1N. The number of fused-ring (bicyclic) bond motifs is 1. The van der Waals surface area contributed by atoms with E-state index in [4.69, 9.17) is 5.73 Å². The Kier molecular flexibility index (Phi) is 2.56. The second-order valence-electron chi connectivity index (χ2n) is 4.50. The van der Waals surface area contributed by atoms with Crippen molar-refractivity contribution in [2.45, 2.75) is 6.92 Å². The molecule has 3 aromatic rings. The van der Waals surface area contributed by atoms with Crippen LogP contribution in [0.4, 0.5) is 5.69 Å². The van der Waals surface area contributed by atoms with Crippen LogP contribution >= 0.6 is 0 Å². The Hall–Kier alpha value is -2.62. The number of aryl methyl sites for hydroxylation is 1. The molecule has 0 aliphatic rings. The summed E-state index contributed by atoms with van der Waals surface area (Å²) in [5.74, 6) is 0.562. The fraction of sp³-hybridized carbons (Fsp3) is 0.0667. The molecule has 4 nitrogen and oxygen atoms in total. The minimum Gasteiger partial charge on any atom is -0.399 e. The number of aromatic amines is 1. The molecule has 0 unspecified atom stereocenters. The van der Waals surface area contributed by atoms with Crippen LogP contribution in [-0.4, -0.2) is 9.97 Å². The zero-order valence-corrected chi connectivity index (χ0v) is 10.5. The van der Waals surface area contributed by atoms with Gasteiger partial charge in [-0.25, -0.2) is 4.98 Å². The Bertz CT molecular complexity index is 821. The minimum absolute atomic E-state index is 0.130. The van der Waals surface area contributed by atoms with Crippen LogP contribution < -0.4 is 11.3 Å². The Morgan fingerprint density at radius 2 is 1.95 bits per heavy atom. The number of nitrogen functional groups attached to an aromatic ring is 1. The molecule has 3 rings (SSSR count). The second kappa shape index (κ2) is 4.24. The molecule has 0 saturated carbocycles. The summed E-state index contributed by atoms with van der Waals surface area (Å²) in [7, 11) is 0. The summed E-state index contributed by atoms with van der Waals surface area (Å²) in [6.45, 7) is 1.93.